The number of amidine groups is 1. The van der Waals surface area contributed by atoms with Crippen molar-refractivity contribution in [3.8, 4) is 11.6 Å². The highest BCUT2D eigenvalue weighted by atomic mass is 19.4. The average molecular weight is 281 g/mol. The summed E-state index contributed by atoms with van der Waals surface area (Å²) in [5.41, 5.74) is 4.74. The largest absolute Gasteiger partial charge is 0.438 e. The normalized spacial score (nSPS) is 11.2. The highest BCUT2D eigenvalue weighted by Crippen LogP contribution is 2.32. The van der Waals surface area contributed by atoms with E-state index in [4.69, 9.17) is 15.9 Å². The van der Waals surface area contributed by atoms with E-state index in [-0.39, 0.29) is 23.0 Å². The van der Waals surface area contributed by atoms with Crippen LogP contribution in [-0.2, 0) is 6.18 Å². The van der Waals surface area contributed by atoms with E-state index in [0.29, 0.717) is 0 Å². The molecule has 0 radical (unpaired) electrons. The number of nitrogens with one attached hydrogen (secondary N) is 1. The molecule has 0 atom stereocenters. The number of pyridine rings is 1. The van der Waals surface area contributed by atoms with Gasteiger partial charge < -0.3 is 10.5 Å². The molecule has 4 nitrogen and oxygen atoms in total. The number of aromatic nitrogens is 1. The summed E-state index contributed by atoms with van der Waals surface area (Å²) in [6.45, 7) is 0. The lowest BCUT2D eigenvalue weighted by atomic mass is 10.2. The minimum absolute atomic E-state index is 0.0145. The molecule has 104 valence electrons. The summed E-state index contributed by atoms with van der Waals surface area (Å²) in [7, 11) is 0. The summed E-state index contributed by atoms with van der Waals surface area (Å²) in [5.74, 6) is -0.319. The van der Waals surface area contributed by atoms with Crippen molar-refractivity contribution in [1.29, 1.82) is 5.41 Å². The predicted molar refractivity (Wildman–Crippen MR) is 66.8 cm³/mol. The second-order valence-electron chi connectivity index (χ2n) is 3.90. The van der Waals surface area contributed by atoms with E-state index in [0.717, 1.165) is 12.1 Å². The second kappa shape index (κ2) is 5.20. The van der Waals surface area contributed by atoms with Gasteiger partial charge in [-0.15, -0.1) is 0 Å². The van der Waals surface area contributed by atoms with Gasteiger partial charge in [-0.05, 0) is 30.3 Å². The molecule has 1 aromatic heterocycles. The first-order chi connectivity index (χ1) is 9.38. The Morgan fingerprint density at radius 1 is 1.20 bits per heavy atom. The van der Waals surface area contributed by atoms with Gasteiger partial charge in [-0.25, -0.2) is 4.98 Å². The van der Waals surface area contributed by atoms with Gasteiger partial charge in [0.25, 0.3) is 0 Å². The Morgan fingerprint density at radius 3 is 2.60 bits per heavy atom. The summed E-state index contributed by atoms with van der Waals surface area (Å²) in [5, 5.41) is 7.36. The first-order valence-corrected chi connectivity index (χ1v) is 5.52. The lowest BCUT2D eigenvalue weighted by Gasteiger charge is -2.11. The fraction of sp³-hybridized carbons (Fsp3) is 0.0769. The molecule has 0 aliphatic carbocycles. The van der Waals surface area contributed by atoms with Gasteiger partial charge >= 0.3 is 6.18 Å². The van der Waals surface area contributed by atoms with E-state index in [1.807, 2.05) is 0 Å². The monoisotopic (exact) mass is 281 g/mol. The molecule has 2 aromatic rings. The fourth-order valence-corrected chi connectivity index (χ4v) is 1.52. The van der Waals surface area contributed by atoms with Crippen LogP contribution in [0.25, 0.3) is 0 Å². The van der Waals surface area contributed by atoms with Crippen LogP contribution in [-0.4, -0.2) is 10.8 Å². The van der Waals surface area contributed by atoms with Gasteiger partial charge in [0.1, 0.15) is 11.6 Å². The van der Waals surface area contributed by atoms with Crippen molar-refractivity contribution in [2.75, 3.05) is 0 Å². The van der Waals surface area contributed by atoms with Crippen LogP contribution in [0.5, 0.6) is 11.6 Å². The molecule has 3 N–H and O–H groups in total. The molecule has 2 rings (SSSR count). The smallest absolute Gasteiger partial charge is 0.416 e. The number of ether oxygens (including phenoxy) is 1. The van der Waals surface area contributed by atoms with E-state index >= 15 is 0 Å². The van der Waals surface area contributed by atoms with Gasteiger partial charge in [0.15, 0.2) is 0 Å². The zero-order chi connectivity index (χ0) is 14.8. The van der Waals surface area contributed by atoms with Crippen molar-refractivity contribution in [2.24, 2.45) is 5.73 Å². The van der Waals surface area contributed by atoms with Crippen LogP contribution in [0.15, 0.2) is 42.6 Å². The second-order valence-corrected chi connectivity index (χ2v) is 3.90. The maximum Gasteiger partial charge on any atom is 0.416 e. The van der Waals surface area contributed by atoms with Gasteiger partial charge in [-0.1, -0.05) is 6.07 Å². The van der Waals surface area contributed by atoms with Crippen LogP contribution in [0.4, 0.5) is 13.2 Å². The highest BCUT2D eigenvalue weighted by Gasteiger charge is 2.30. The van der Waals surface area contributed by atoms with Gasteiger partial charge in [0.05, 0.1) is 11.1 Å². The molecular formula is C13H10F3N3O. The Hall–Kier alpha value is -2.57. The number of hydrogen-bond donors (Lipinski definition) is 2. The highest BCUT2D eigenvalue weighted by molar-refractivity contribution is 5.97. The third-order valence-electron chi connectivity index (χ3n) is 2.44. The zero-order valence-corrected chi connectivity index (χ0v) is 10.1. The molecule has 0 spiro atoms. The Bertz CT molecular complexity index is 641. The fourth-order valence-electron chi connectivity index (χ4n) is 1.52. The number of nitrogens with two attached hydrogens (primary N) is 1. The summed E-state index contributed by atoms with van der Waals surface area (Å²) < 4.78 is 43.0. The first-order valence-electron chi connectivity index (χ1n) is 5.52. The molecule has 1 heterocycles. The number of halogens is 3. The summed E-state index contributed by atoms with van der Waals surface area (Å²) >= 11 is 0. The minimum Gasteiger partial charge on any atom is -0.438 e. The maximum atomic E-state index is 12.6. The van der Waals surface area contributed by atoms with Crippen molar-refractivity contribution in [3.05, 3.63) is 53.7 Å². The molecule has 0 amide bonds. The zero-order valence-electron chi connectivity index (χ0n) is 10.1. The van der Waals surface area contributed by atoms with E-state index in [1.165, 1.54) is 24.4 Å². The molecule has 1 aromatic carbocycles. The van der Waals surface area contributed by atoms with E-state index in [9.17, 15) is 13.2 Å². The molecule has 0 fully saturated rings. The van der Waals surface area contributed by atoms with Crippen molar-refractivity contribution in [1.82, 2.24) is 4.98 Å². The standard InChI is InChI=1S/C13H10F3N3O/c14-13(15,16)8-3-1-4-9(7-8)20-12-10(11(17)18)5-2-6-19-12/h1-7H,(H3,17,18). The lowest BCUT2D eigenvalue weighted by Crippen LogP contribution is -2.13. The Labute approximate surface area is 112 Å². The third kappa shape index (κ3) is 3.05. The topological polar surface area (TPSA) is 72.0 Å². The van der Waals surface area contributed by atoms with Crippen molar-refractivity contribution >= 4 is 5.84 Å². The van der Waals surface area contributed by atoms with Crippen molar-refractivity contribution in [2.45, 2.75) is 6.18 Å². The van der Waals surface area contributed by atoms with E-state index < -0.39 is 11.7 Å². The molecular weight excluding hydrogens is 271 g/mol. The summed E-state index contributed by atoms with van der Waals surface area (Å²) in [6.07, 6.45) is -3.05. The third-order valence-corrected chi connectivity index (χ3v) is 2.44. The molecule has 0 aliphatic rings. The molecule has 0 aliphatic heterocycles. The maximum absolute atomic E-state index is 12.6. The molecule has 0 saturated carbocycles. The van der Waals surface area contributed by atoms with E-state index in [1.54, 1.807) is 6.07 Å². The molecule has 0 unspecified atom stereocenters. The van der Waals surface area contributed by atoms with Crippen LogP contribution >= 0.6 is 0 Å². The number of nitrogen functional groups attached to an aromatic ring is 1. The number of rotatable bonds is 3. The first kappa shape index (κ1) is 13.9. The van der Waals surface area contributed by atoms with Crippen LogP contribution in [0.1, 0.15) is 11.1 Å². The number of nitrogens with zero attached hydrogens (tertiary/aromatic N) is 1. The molecule has 0 saturated heterocycles. The molecule has 20 heavy (non-hydrogen) atoms. The van der Waals surface area contributed by atoms with E-state index in [2.05, 4.69) is 4.98 Å². The Balaban J connectivity index is 2.34. The SMILES string of the molecule is N=C(N)c1cccnc1Oc1cccc(C(F)(F)F)c1. The average Bonchev–Trinajstić information content (AvgIpc) is 2.38. The quantitative estimate of drug-likeness (QED) is 0.670. The summed E-state index contributed by atoms with van der Waals surface area (Å²) in [6, 6.07) is 7.45. The van der Waals surface area contributed by atoms with Gasteiger partial charge in [0, 0.05) is 6.20 Å². The predicted octanol–water partition coefficient (Wildman–Crippen LogP) is 3.18. The van der Waals surface area contributed by atoms with Gasteiger partial charge in [-0.3, -0.25) is 5.41 Å². The number of benzene rings is 1. The van der Waals surface area contributed by atoms with Gasteiger partial charge in [-0.2, -0.15) is 13.2 Å². The lowest BCUT2D eigenvalue weighted by molar-refractivity contribution is -0.137. The van der Waals surface area contributed by atoms with Crippen LogP contribution in [0, 0.1) is 5.41 Å². The van der Waals surface area contributed by atoms with Crippen molar-refractivity contribution < 1.29 is 17.9 Å². The van der Waals surface area contributed by atoms with Crippen LogP contribution in [0.2, 0.25) is 0 Å². The molecule has 0 bridgehead atoms. The van der Waals surface area contributed by atoms with Crippen LogP contribution in [0.3, 0.4) is 0 Å². The van der Waals surface area contributed by atoms with Crippen LogP contribution < -0.4 is 10.5 Å². The number of hydrogen-bond acceptors (Lipinski definition) is 3. The molecule has 7 heteroatoms. The Kier molecular flexibility index (Phi) is 3.60. The Morgan fingerprint density at radius 2 is 1.95 bits per heavy atom. The minimum atomic E-state index is -4.45. The number of alkyl halides is 3. The van der Waals surface area contributed by atoms with Crippen molar-refractivity contribution in [3.63, 3.8) is 0 Å². The summed E-state index contributed by atoms with van der Waals surface area (Å²) in [4.78, 5) is 3.86. The van der Waals surface area contributed by atoms with Gasteiger partial charge in [0.2, 0.25) is 5.88 Å².